The predicted octanol–water partition coefficient (Wildman–Crippen LogP) is 5.62. The van der Waals surface area contributed by atoms with Crippen molar-refractivity contribution in [2.24, 2.45) is 0 Å². The minimum absolute atomic E-state index is 0.859. The molecular formula is C17H28O. The van der Waals surface area contributed by atoms with Crippen LogP contribution in [0.1, 0.15) is 51.9 Å². The van der Waals surface area contributed by atoms with E-state index >= 15 is 0 Å². The van der Waals surface area contributed by atoms with Gasteiger partial charge in [0.15, 0.2) is 0 Å². The number of rotatable bonds is 9. The van der Waals surface area contributed by atoms with Crippen LogP contribution in [-0.4, -0.2) is 6.61 Å². The third-order valence-corrected chi connectivity index (χ3v) is 2.76. The van der Waals surface area contributed by atoms with Gasteiger partial charge in [0, 0.05) is 0 Å². The summed E-state index contributed by atoms with van der Waals surface area (Å²) in [5, 5.41) is 0. The van der Waals surface area contributed by atoms with Gasteiger partial charge in [-0.2, -0.15) is 0 Å². The summed E-state index contributed by atoms with van der Waals surface area (Å²) in [6, 6.07) is 10.1. The molecule has 102 valence electrons. The molecule has 0 N–H and O–H groups in total. The van der Waals surface area contributed by atoms with E-state index in [2.05, 4.69) is 20.1 Å². The fourth-order valence-corrected chi connectivity index (χ4v) is 1.77. The topological polar surface area (TPSA) is 9.23 Å². The van der Waals surface area contributed by atoms with E-state index in [1.54, 1.807) is 0 Å². The van der Waals surface area contributed by atoms with Crippen molar-refractivity contribution in [3.8, 4) is 5.75 Å². The van der Waals surface area contributed by atoms with Crippen molar-refractivity contribution in [3.05, 3.63) is 43.5 Å². The van der Waals surface area contributed by atoms with Gasteiger partial charge >= 0.3 is 0 Å². The molecule has 0 unspecified atom stereocenters. The Kier molecular flexibility index (Phi) is 12.9. The molecule has 0 aliphatic heterocycles. The van der Waals surface area contributed by atoms with Gasteiger partial charge < -0.3 is 4.74 Å². The van der Waals surface area contributed by atoms with Crippen molar-refractivity contribution < 1.29 is 4.74 Å². The molecule has 18 heavy (non-hydrogen) atoms. The highest BCUT2D eigenvalue weighted by Gasteiger charge is 1.93. The van der Waals surface area contributed by atoms with E-state index in [4.69, 9.17) is 4.74 Å². The average Bonchev–Trinajstić information content (AvgIpc) is 2.45. The lowest BCUT2D eigenvalue weighted by atomic mass is 10.1. The van der Waals surface area contributed by atoms with Crippen molar-refractivity contribution in [2.75, 3.05) is 6.61 Å². The lowest BCUT2D eigenvalue weighted by Gasteiger charge is -2.05. The van der Waals surface area contributed by atoms with Gasteiger partial charge in [-0.1, -0.05) is 63.6 Å². The zero-order valence-electron chi connectivity index (χ0n) is 11.9. The maximum absolute atomic E-state index is 5.63. The number of benzene rings is 1. The minimum atomic E-state index is 0.859. The molecule has 0 saturated heterocycles. The van der Waals surface area contributed by atoms with Gasteiger partial charge in [-0.3, -0.25) is 0 Å². The van der Waals surface area contributed by atoms with Crippen LogP contribution in [0.15, 0.2) is 43.5 Å². The second-order valence-corrected chi connectivity index (χ2v) is 4.28. The molecule has 0 saturated carbocycles. The Hall–Kier alpha value is -1.24. The Morgan fingerprint density at radius 1 is 0.833 bits per heavy atom. The van der Waals surface area contributed by atoms with Gasteiger partial charge in [-0.05, 0) is 18.6 Å². The van der Waals surface area contributed by atoms with Gasteiger partial charge in [0.05, 0.1) is 6.61 Å². The Balaban J connectivity index is 0.00000137. The van der Waals surface area contributed by atoms with E-state index in [-0.39, 0.29) is 0 Å². The first-order valence-electron chi connectivity index (χ1n) is 7.11. The third kappa shape index (κ3) is 9.95. The fraction of sp³-hybridized carbons (Fsp3) is 0.529. The van der Waals surface area contributed by atoms with Gasteiger partial charge in [0.1, 0.15) is 5.75 Å². The quantitative estimate of drug-likeness (QED) is 0.407. The third-order valence-electron chi connectivity index (χ3n) is 2.76. The lowest BCUT2D eigenvalue weighted by molar-refractivity contribution is 0.304. The zero-order chi connectivity index (χ0) is 13.5. The highest BCUT2D eigenvalue weighted by Crippen LogP contribution is 2.10. The zero-order valence-corrected chi connectivity index (χ0v) is 11.9. The smallest absolute Gasteiger partial charge is 0.119 e. The maximum Gasteiger partial charge on any atom is 0.119 e. The van der Waals surface area contributed by atoms with Crippen molar-refractivity contribution in [2.45, 2.75) is 51.9 Å². The number of para-hydroxylation sites is 1. The summed E-state index contributed by atoms with van der Waals surface area (Å²) in [7, 11) is 0. The van der Waals surface area contributed by atoms with Crippen molar-refractivity contribution in [3.63, 3.8) is 0 Å². The summed E-state index contributed by atoms with van der Waals surface area (Å²) in [5.41, 5.74) is 0. The average molecular weight is 248 g/mol. The van der Waals surface area contributed by atoms with E-state index in [1.807, 2.05) is 30.3 Å². The van der Waals surface area contributed by atoms with Gasteiger partial charge in [-0.25, -0.2) is 0 Å². The second kappa shape index (κ2) is 13.8. The molecule has 0 spiro atoms. The van der Waals surface area contributed by atoms with Crippen molar-refractivity contribution in [1.29, 1.82) is 0 Å². The SMILES string of the molecule is C=C.CCCCCCCCCOc1ccccc1. The highest BCUT2D eigenvalue weighted by molar-refractivity contribution is 5.20. The number of hydrogen-bond donors (Lipinski definition) is 0. The Bertz CT molecular complexity index is 256. The first-order valence-corrected chi connectivity index (χ1v) is 7.11. The Morgan fingerprint density at radius 3 is 2.00 bits per heavy atom. The summed E-state index contributed by atoms with van der Waals surface area (Å²) in [6.45, 7) is 9.12. The predicted molar refractivity (Wildman–Crippen MR) is 81.2 cm³/mol. The van der Waals surface area contributed by atoms with Gasteiger partial charge in [0.2, 0.25) is 0 Å². The molecule has 0 heterocycles. The molecule has 1 nitrogen and oxygen atoms in total. The monoisotopic (exact) mass is 248 g/mol. The van der Waals surface area contributed by atoms with Crippen molar-refractivity contribution >= 4 is 0 Å². The Labute approximate surface area is 113 Å². The fourth-order valence-electron chi connectivity index (χ4n) is 1.77. The van der Waals surface area contributed by atoms with E-state index in [1.165, 1.54) is 44.9 Å². The van der Waals surface area contributed by atoms with E-state index in [0.29, 0.717) is 0 Å². The van der Waals surface area contributed by atoms with Crippen LogP contribution in [0.3, 0.4) is 0 Å². The molecule has 0 aliphatic rings. The van der Waals surface area contributed by atoms with Crippen LogP contribution in [0, 0.1) is 0 Å². The number of hydrogen-bond acceptors (Lipinski definition) is 1. The summed E-state index contributed by atoms with van der Waals surface area (Å²) in [5.74, 6) is 0.994. The molecular weight excluding hydrogens is 220 g/mol. The van der Waals surface area contributed by atoms with Crippen LogP contribution in [0.25, 0.3) is 0 Å². The molecule has 0 bridgehead atoms. The van der Waals surface area contributed by atoms with Crippen LogP contribution >= 0.6 is 0 Å². The molecule has 1 rings (SSSR count). The molecule has 0 radical (unpaired) electrons. The van der Waals surface area contributed by atoms with E-state index in [0.717, 1.165) is 12.4 Å². The minimum Gasteiger partial charge on any atom is -0.494 e. The highest BCUT2D eigenvalue weighted by atomic mass is 16.5. The molecule has 0 fully saturated rings. The molecule has 0 aliphatic carbocycles. The number of ether oxygens (including phenoxy) is 1. The second-order valence-electron chi connectivity index (χ2n) is 4.28. The normalized spacial score (nSPS) is 9.39. The first-order chi connectivity index (χ1) is 8.93. The van der Waals surface area contributed by atoms with Gasteiger partial charge in [-0.15, -0.1) is 13.2 Å². The van der Waals surface area contributed by atoms with Crippen LogP contribution in [0.4, 0.5) is 0 Å². The van der Waals surface area contributed by atoms with Crippen LogP contribution in [0.5, 0.6) is 5.75 Å². The molecule has 1 aromatic rings. The summed E-state index contributed by atoms with van der Waals surface area (Å²) >= 11 is 0. The standard InChI is InChI=1S/C15H24O.C2H4/c1-2-3-4-5-6-7-11-14-16-15-12-9-8-10-13-15;1-2/h8-10,12-13H,2-7,11,14H2,1H3;1-2H2. The lowest BCUT2D eigenvalue weighted by Crippen LogP contribution is -1.96. The van der Waals surface area contributed by atoms with E-state index < -0.39 is 0 Å². The maximum atomic E-state index is 5.63. The van der Waals surface area contributed by atoms with Crippen molar-refractivity contribution in [1.82, 2.24) is 0 Å². The van der Waals surface area contributed by atoms with Gasteiger partial charge in [0.25, 0.3) is 0 Å². The Morgan fingerprint density at radius 2 is 1.39 bits per heavy atom. The summed E-state index contributed by atoms with van der Waals surface area (Å²) in [6.07, 6.45) is 9.35. The summed E-state index contributed by atoms with van der Waals surface area (Å²) in [4.78, 5) is 0. The molecule has 1 aromatic carbocycles. The molecule has 0 aromatic heterocycles. The summed E-state index contributed by atoms with van der Waals surface area (Å²) < 4.78 is 5.63. The molecule has 1 heteroatoms. The largest absolute Gasteiger partial charge is 0.494 e. The first kappa shape index (κ1) is 16.8. The van der Waals surface area contributed by atoms with Crippen LogP contribution in [-0.2, 0) is 0 Å². The number of unbranched alkanes of at least 4 members (excludes halogenated alkanes) is 6. The van der Waals surface area contributed by atoms with E-state index in [9.17, 15) is 0 Å². The van der Waals surface area contributed by atoms with Crippen LogP contribution < -0.4 is 4.74 Å². The molecule has 0 atom stereocenters. The molecule has 0 amide bonds. The van der Waals surface area contributed by atoms with Crippen LogP contribution in [0.2, 0.25) is 0 Å².